The maximum atomic E-state index is 13.2. The molecule has 2 N–H and O–H groups in total. The van der Waals surface area contributed by atoms with Crippen LogP contribution in [0.15, 0.2) is 96.2 Å². The van der Waals surface area contributed by atoms with Gasteiger partial charge >= 0.3 is 0 Å². The number of aryl methyl sites for hydroxylation is 2. The molecule has 0 fully saturated rings. The molecule has 0 saturated heterocycles. The molecule has 0 saturated carbocycles. The average Bonchev–Trinajstić information content (AvgIpc) is 3.41. The summed E-state index contributed by atoms with van der Waals surface area (Å²) in [5, 5.41) is 19.2. The number of hydrogen-bond donors (Lipinski definition) is 2. The van der Waals surface area contributed by atoms with Crippen molar-refractivity contribution in [2.75, 3.05) is 10.6 Å². The Hall–Kier alpha value is -5.18. The van der Waals surface area contributed by atoms with Crippen LogP contribution in [-0.2, 0) is 11.8 Å². The summed E-state index contributed by atoms with van der Waals surface area (Å²) in [6.07, 6.45) is 4.39. The summed E-state index contributed by atoms with van der Waals surface area (Å²) in [5.41, 5.74) is 6.95. The molecule has 198 valence electrons. The van der Waals surface area contributed by atoms with E-state index in [0.717, 1.165) is 44.7 Å². The van der Waals surface area contributed by atoms with Crippen LogP contribution in [0.5, 0.6) is 0 Å². The Morgan fingerprint density at radius 2 is 1.75 bits per heavy atom. The summed E-state index contributed by atoms with van der Waals surface area (Å²) in [6.45, 7) is 4.05. The van der Waals surface area contributed by atoms with Crippen LogP contribution >= 0.6 is 0 Å². The van der Waals surface area contributed by atoms with E-state index in [9.17, 15) is 4.79 Å². The molecule has 9 heteroatoms. The molecule has 1 amide bonds. The molecular weight excluding hydrogens is 500 g/mol. The Morgan fingerprint density at radius 3 is 2.52 bits per heavy atom. The minimum absolute atomic E-state index is 0.0677. The van der Waals surface area contributed by atoms with Crippen molar-refractivity contribution in [3.8, 4) is 22.6 Å². The van der Waals surface area contributed by atoms with Crippen LogP contribution in [0.1, 0.15) is 18.9 Å². The third kappa shape index (κ3) is 4.96. The summed E-state index contributed by atoms with van der Waals surface area (Å²) in [5.74, 6) is 1.10. The van der Waals surface area contributed by atoms with Gasteiger partial charge in [-0.25, -0.2) is 14.6 Å². The SMILES string of the molecule is Cc1ccc(-c2nnnn2C)cc1NC(=O)C1=CC=C(Nc2nc(-c3ccccc3)c3ccccc3n2)C(C)C1. The van der Waals surface area contributed by atoms with Crippen molar-refractivity contribution in [3.63, 3.8) is 0 Å². The van der Waals surface area contributed by atoms with Gasteiger partial charge in [-0.15, -0.1) is 5.10 Å². The number of tetrazole rings is 1. The fourth-order valence-corrected chi connectivity index (χ4v) is 4.85. The number of allylic oxidation sites excluding steroid dienone is 3. The smallest absolute Gasteiger partial charge is 0.251 e. The summed E-state index contributed by atoms with van der Waals surface area (Å²) in [7, 11) is 1.78. The van der Waals surface area contributed by atoms with Gasteiger partial charge in [0.25, 0.3) is 5.91 Å². The topological polar surface area (TPSA) is 111 Å². The maximum absolute atomic E-state index is 13.2. The molecule has 1 unspecified atom stereocenters. The zero-order valence-electron chi connectivity index (χ0n) is 22.5. The Kier molecular flexibility index (Phi) is 6.61. The molecule has 1 aliphatic carbocycles. The largest absolute Gasteiger partial charge is 0.328 e. The number of carbonyl (C=O) groups is 1. The molecule has 6 rings (SSSR count). The van der Waals surface area contributed by atoms with Crippen LogP contribution in [0, 0.1) is 12.8 Å². The second-order valence-corrected chi connectivity index (χ2v) is 9.93. The normalized spacial score (nSPS) is 14.9. The number of aromatic nitrogens is 6. The van der Waals surface area contributed by atoms with Crippen LogP contribution in [0.3, 0.4) is 0 Å². The van der Waals surface area contributed by atoms with Crippen molar-refractivity contribution >= 4 is 28.4 Å². The van der Waals surface area contributed by atoms with Crippen molar-refractivity contribution in [2.45, 2.75) is 20.3 Å². The molecule has 2 aromatic heterocycles. The Balaban J connectivity index is 1.24. The minimum Gasteiger partial charge on any atom is -0.328 e. The van der Waals surface area contributed by atoms with Gasteiger partial charge in [-0.2, -0.15) is 0 Å². The molecule has 2 heterocycles. The first-order chi connectivity index (χ1) is 19.5. The van der Waals surface area contributed by atoms with Crippen LogP contribution in [-0.4, -0.2) is 36.1 Å². The summed E-state index contributed by atoms with van der Waals surface area (Å²) >= 11 is 0. The lowest BCUT2D eigenvalue weighted by molar-refractivity contribution is -0.113. The van der Waals surface area contributed by atoms with E-state index in [4.69, 9.17) is 9.97 Å². The standard InChI is InChI=1S/C31H28N8O/c1-19-13-14-22(29-36-37-38-39(29)3)18-27(19)32-30(40)23-15-16-25(20(2)17-23)33-31-34-26-12-8-7-11-24(26)28(35-31)21-9-5-4-6-10-21/h4-16,18,20H,17H2,1-3H3,(H,32,40)(H,33,34,35). The number of rotatable bonds is 6. The van der Waals surface area contributed by atoms with Crippen molar-refractivity contribution in [1.29, 1.82) is 0 Å². The first-order valence-electron chi connectivity index (χ1n) is 13.1. The summed E-state index contributed by atoms with van der Waals surface area (Å²) in [6, 6.07) is 23.9. The zero-order chi connectivity index (χ0) is 27.6. The number of amides is 1. The molecule has 3 aromatic carbocycles. The van der Waals surface area contributed by atoms with Gasteiger partial charge < -0.3 is 10.6 Å². The highest BCUT2D eigenvalue weighted by atomic mass is 16.1. The highest BCUT2D eigenvalue weighted by molar-refractivity contribution is 6.05. The lowest BCUT2D eigenvalue weighted by Crippen LogP contribution is -2.21. The number of nitrogens with one attached hydrogen (secondary N) is 2. The van der Waals surface area contributed by atoms with Gasteiger partial charge in [0.1, 0.15) is 0 Å². The van der Waals surface area contributed by atoms with Crippen molar-refractivity contribution in [2.24, 2.45) is 13.0 Å². The Labute approximate surface area is 231 Å². The highest BCUT2D eigenvalue weighted by Crippen LogP contribution is 2.31. The van der Waals surface area contributed by atoms with Gasteiger partial charge in [-0.3, -0.25) is 4.79 Å². The first-order valence-corrected chi connectivity index (χ1v) is 13.1. The molecule has 9 nitrogen and oxygen atoms in total. The number of benzene rings is 3. The number of anilines is 2. The summed E-state index contributed by atoms with van der Waals surface area (Å²) < 4.78 is 1.60. The monoisotopic (exact) mass is 528 g/mol. The first kappa shape index (κ1) is 25.1. The quantitative estimate of drug-likeness (QED) is 0.291. The molecule has 1 aliphatic rings. The van der Waals surface area contributed by atoms with Gasteiger partial charge in [0.15, 0.2) is 5.82 Å². The van der Waals surface area contributed by atoms with E-state index in [1.54, 1.807) is 11.7 Å². The van der Waals surface area contributed by atoms with E-state index in [1.807, 2.05) is 79.7 Å². The third-order valence-electron chi connectivity index (χ3n) is 7.08. The van der Waals surface area contributed by atoms with Crippen LogP contribution in [0.2, 0.25) is 0 Å². The number of para-hydroxylation sites is 1. The van der Waals surface area contributed by atoms with E-state index < -0.39 is 0 Å². The molecule has 0 radical (unpaired) electrons. The third-order valence-corrected chi connectivity index (χ3v) is 7.08. The van der Waals surface area contributed by atoms with E-state index in [1.165, 1.54) is 0 Å². The minimum atomic E-state index is -0.133. The lowest BCUT2D eigenvalue weighted by Gasteiger charge is -2.22. The molecular formula is C31H28N8O. The maximum Gasteiger partial charge on any atom is 0.251 e. The van der Waals surface area contributed by atoms with Crippen LogP contribution < -0.4 is 10.6 Å². The number of fused-ring (bicyclic) bond motifs is 1. The number of nitrogens with zero attached hydrogens (tertiary/aromatic N) is 6. The average molecular weight is 529 g/mol. The molecule has 40 heavy (non-hydrogen) atoms. The lowest BCUT2D eigenvalue weighted by atomic mass is 9.92. The second kappa shape index (κ2) is 10.5. The molecule has 0 bridgehead atoms. The van der Waals surface area contributed by atoms with Gasteiger partial charge in [-0.1, -0.05) is 73.7 Å². The van der Waals surface area contributed by atoms with E-state index in [-0.39, 0.29) is 11.8 Å². The zero-order valence-corrected chi connectivity index (χ0v) is 22.5. The van der Waals surface area contributed by atoms with Crippen molar-refractivity contribution < 1.29 is 4.79 Å². The van der Waals surface area contributed by atoms with Gasteiger partial charge in [0.2, 0.25) is 5.95 Å². The fraction of sp³-hybridized carbons (Fsp3) is 0.161. The van der Waals surface area contributed by atoms with E-state index in [0.29, 0.717) is 23.8 Å². The molecule has 0 spiro atoms. The number of carbonyl (C=O) groups excluding carboxylic acids is 1. The van der Waals surface area contributed by atoms with Gasteiger partial charge in [-0.05, 0) is 47.5 Å². The predicted octanol–water partition coefficient (Wildman–Crippen LogP) is 5.70. The number of hydrogen-bond acceptors (Lipinski definition) is 7. The highest BCUT2D eigenvalue weighted by Gasteiger charge is 2.22. The van der Waals surface area contributed by atoms with Crippen LogP contribution in [0.25, 0.3) is 33.5 Å². The Bertz CT molecular complexity index is 1790. The predicted molar refractivity (Wildman–Crippen MR) is 156 cm³/mol. The fourth-order valence-electron chi connectivity index (χ4n) is 4.85. The van der Waals surface area contributed by atoms with Crippen LogP contribution in [0.4, 0.5) is 11.6 Å². The molecule has 1 atom stereocenters. The summed E-state index contributed by atoms with van der Waals surface area (Å²) in [4.78, 5) is 22.9. The Morgan fingerprint density at radius 1 is 0.950 bits per heavy atom. The molecule has 0 aliphatic heterocycles. The molecule has 5 aromatic rings. The van der Waals surface area contributed by atoms with Crippen molar-refractivity contribution in [3.05, 3.63) is 102 Å². The second-order valence-electron chi connectivity index (χ2n) is 9.93. The van der Waals surface area contributed by atoms with Crippen molar-refractivity contribution in [1.82, 2.24) is 30.2 Å². The van der Waals surface area contributed by atoms with Gasteiger partial charge in [0.05, 0.1) is 11.2 Å². The van der Waals surface area contributed by atoms with Gasteiger partial charge in [0, 0.05) is 46.4 Å². The van der Waals surface area contributed by atoms with E-state index in [2.05, 4.69) is 45.2 Å². The van der Waals surface area contributed by atoms with E-state index >= 15 is 0 Å².